The average Bonchev–Trinajstić information content (AvgIpc) is 2.28. The van der Waals surface area contributed by atoms with Crippen LogP contribution in [0.3, 0.4) is 0 Å². The first-order valence-electron chi connectivity index (χ1n) is 5.91. The summed E-state index contributed by atoms with van der Waals surface area (Å²) in [7, 11) is -3.40. The van der Waals surface area contributed by atoms with Gasteiger partial charge in [-0.2, -0.15) is 4.31 Å². The number of aryl methyl sites for hydroxylation is 1. The molecule has 108 valence electrons. The normalized spacial score (nSPS) is 20.9. The molecule has 1 N–H and O–H groups in total. The Morgan fingerprint density at radius 1 is 1.42 bits per heavy atom. The fraction of sp³-hybridized carbons (Fsp3) is 0.500. The highest BCUT2D eigenvalue weighted by atomic mass is 79.9. The van der Waals surface area contributed by atoms with Gasteiger partial charge in [0.25, 0.3) is 0 Å². The third kappa shape index (κ3) is 3.70. The van der Waals surface area contributed by atoms with Gasteiger partial charge in [-0.15, -0.1) is 12.4 Å². The second-order valence-corrected chi connectivity index (χ2v) is 7.41. The second-order valence-electron chi connectivity index (χ2n) is 4.65. The topological polar surface area (TPSA) is 49.4 Å². The van der Waals surface area contributed by atoms with Crippen molar-refractivity contribution in [3.63, 3.8) is 0 Å². The molecule has 0 bridgehead atoms. The van der Waals surface area contributed by atoms with Crippen LogP contribution in [0.4, 0.5) is 0 Å². The van der Waals surface area contributed by atoms with E-state index in [9.17, 15) is 8.42 Å². The number of piperazine rings is 1. The van der Waals surface area contributed by atoms with E-state index in [2.05, 4.69) is 21.2 Å². The lowest BCUT2D eigenvalue weighted by Gasteiger charge is -2.31. The molecule has 0 radical (unpaired) electrons. The molecule has 4 nitrogen and oxygen atoms in total. The van der Waals surface area contributed by atoms with Crippen LogP contribution in [0.25, 0.3) is 0 Å². The van der Waals surface area contributed by atoms with E-state index in [1.165, 1.54) is 0 Å². The van der Waals surface area contributed by atoms with Crippen LogP contribution in [0.5, 0.6) is 0 Å². The van der Waals surface area contributed by atoms with Gasteiger partial charge in [0.15, 0.2) is 0 Å². The second kappa shape index (κ2) is 6.54. The maximum Gasteiger partial charge on any atom is 0.244 e. The first-order valence-corrected chi connectivity index (χ1v) is 8.14. The fourth-order valence-corrected chi connectivity index (χ4v) is 4.75. The Hall–Kier alpha value is -0.140. The van der Waals surface area contributed by atoms with Gasteiger partial charge in [0.2, 0.25) is 10.0 Å². The van der Waals surface area contributed by atoms with E-state index in [1.54, 1.807) is 10.4 Å². The summed E-state index contributed by atoms with van der Waals surface area (Å²) in [5, 5.41) is 3.24. The number of rotatable bonds is 2. The van der Waals surface area contributed by atoms with E-state index in [0.29, 0.717) is 29.0 Å². The van der Waals surface area contributed by atoms with Crippen LogP contribution in [0, 0.1) is 6.92 Å². The van der Waals surface area contributed by atoms with Gasteiger partial charge in [-0.25, -0.2) is 8.42 Å². The lowest BCUT2D eigenvalue weighted by Crippen LogP contribution is -2.51. The highest BCUT2D eigenvalue weighted by Gasteiger charge is 2.29. The molecule has 19 heavy (non-hydrogen) atoms. The van der Waals surface area contributed by atoms with Crippen molar-refractivity contribution in [2.75, 3.05) is 19.6 Å². The van der Waals surface area contributed by atoms with Gasteiger partial charge in [0.05, 0.1) is 4.90 Å². The van der Waals surface area contributed by atoms with Crippen LogP contribution in [-0.4, -0.2) is 38.4 Å². The molecule has 0 spiro atoms. The molecule has 1 aromatic rings. The average molecular weight is 370 g/mol. The number of halogens is 2. The molecule has 1 aliphatic heterocycles. The van der Waals surface area contributed by atoms with E-state index in [1.807, 2.05) is 26.0 Å². The molecule has 0 aromatic heterocycles. The first-order chi connectivity index (χ1) is 8.41. The van der Waals surface area contributed by atoms with Crippen molar-refractivity contribution in [1.82, 2.24) is 9.62 Å². The molecule has 1 heterocycles. The predicted molar refractivity (Wildman–Crippen MR) is 82.4 cm³/mol. The maximum absolute atomic E-state index is 12.5. The molecule has 1 fully saturated rings. The Kier molecular flexibility index (Phi) is 5.82. The van der Waals surface area contributed by atoms with Crippen LogP contribution >= 0.6 is 28.3 Å². The molecule has 1 saturated heterocycles. The van der Waals surface area contributed by atoms with Crippen LogP contribution in [0.1, 0.15) is 12.5 Å². The number of nitrogens with one attached hydrogen (secondary N) is 1. The number of hydrogen-bond donors (Lipinski definition) is 1. The third-order valence-electron chi connectivity index (χ3n) is 3.04. The number of nitrogens with zero attached hydrogens (tertiary/aromatic N) is 1. The minimum Gasteiger partial charge on any atom is -0.312 e. The number of hydrogen-bond acceptors (Lipinski definition) is 3. The lowest BCUT2D eigenvalue weighted by molar-refractivity contribution is 0.310. The smallest absolute Gasteiger partial charge is 0.244 e. The summed E-state index contributed by atoms with van der Waals surface area (Å²) in [6.45, 7) is 5.67. The number of sulfonamides is 1. The predicted octanol–water partition coefficient (Wildman–Crippen LogP) is 2.16. The Labute approximate surface area is 129 Å². The number of benzene rings is 1. The Morgan fingerprint density at radius 2 is 2.11 bits per heavy atom. The molecule has 1 atom stereocenters. The fourth-order valence-electron chi connectivity index (χ4n) is 2.07. The summed E-state index contributed by atoms with van der Waals surface area (Å²) >= 11 is 3.34. The Bertz CT molecular complexity index is 551. The zero-order chi connectivity index (χ0) is 13.3. The molecule has 1 aliphatic rings. The highest BCUT2D eigenvalue weighted by Crippen LogP contribution is 2.26. The molecule has 0 aliphatic carbocycles. The van der Waals surface area contributed by atoms with E-state index in [-0.39, 0.29) is 18.4 Å². The molecule has 2 rings (SSSR count). The van der Waals surface area contributed by atoms with Crippen molar-refractivity contribution >= 4 is 38.4 Å². The van der Waals surface area contributed by atoms with Crippen molar-refractivity contribution in [2.24, 2.45) is 0 Å². The summed E-state index contributed by atoms with van der Waals surface area (Å²) in [5.74, 6) is 0. The molecule has 1 unspecified atom stereocenters. The van der Waals surface area contributed by atoms with Gasteiger partial charge in [0, 0.05) is 30.1 Å². The minimum atomic E-state index is -3.40. The summed E-state index contributed by atoms with van der Waals surface area (Å²) in [6, 6.07) is 5.52. The third-order valence-corrected chi connectivity index (χ3v) is 5.88. The SMILES string of the molecule is Cc1ccc(S(=O)(=O)N2CCNC(C)C2)c(Br)c1.Cl. The van der Waals surface area contributed by atoms with Crippen molar-refractivity contribution in [2.45, 2.75) is 24.8 Å². The molecular weight excluding hydrogens is 352 g/mol. The zero-order valence-corrected chi connectivity index (χ0v) is 14.1. The summed E-state index contributed by atoms with van der Waals surface area (Å²) in [6.07, 6.45) is 0. The van der Waals surface area contributed by atoms with E-state index in [0.717, 1.165) is 5.56 Å². The van der Waals surface area contributed by atoms with E-state index >= 15 is 0 Å². The maximum atomic E-state index is 12.5. The van der Waals surface area contributed by atoms with Gasteiger partial charge < -0.3 is 5.32 Å². The van der Waals surface area contributed by atoms with Crippen molar-refractivity contribution in [3.05, 3.63) is 28.2 Å². The lowest BCUT2D eigenvalue weighted by atomic mass is 10.2. The van der Waals surface area contributed by atoms with Crippen LogP contribution in [-0.2, 0) is 10.0 Å². The quantitative estimate of drug-likeness (QED) is 0.869. The summed E-state index contributed by atoms with van der Waals surface area (Å²) in [5.41, 5.74) is 1.04. The van der Waals surface area contributed by atoms with Crippen molar-refractivity contribution in [1.29, 1.82) is 0 Å². The van der Waals surface area contributed by atoms with Crippen LogP contribution in [0.2, 0.25) is 0 Å². The van der Waals surface area contributed by atoms with Crippen molar-refractivity contribution in [3.8, 4) is 0 Å². The van der Waals surface area contributed by atoms with Gasteiger partial charge in [-0.05, 0) is 47.5 Å². The van der Waals surface area contributed by atoms with Gasteiger partial charge in [0.1, 0.15) is 0 Å². The highest BCUT2D eigenvalue weighted by molar-refractivity contribution is 9.10. The first kappa shape index (κ1) is 16.9. The molecule has 0 saturated carbocycles. The van der Waals surface area contributed by atoms with E-state index < -0.39 is 10.0 Å². The van der Waals surface area contributed by atoms with Crippen molar-refractivity contribution < 1.29 is 8.42 Å². The molecule has 1 aromatic carbocycles. The Morgan fingerprint density at radius 3 is 2.68 bits per heavy atom. The monoisotopic (exact) mass is 368 g/mol. The van der Waals surface area contributed by atoms with Gasteiger partial charge in [-0.1, -0.05) is 6.07 Å². The Balaban J connectivity index is 0.00000180. The van der Waals surface area contributed by atoms with Gasteiger partial charge in [-0.3, -0.25) is 0 Å². The minimum absolute atomic E-state index is 0. The summed E-state index contributed by atoms with van der Waals surface area (Å²) in [4.78, 5) is 0.349. The van der Waals surface area contributed by atoms with Crippen LogP contribution < -0.4 is 5.32 Å². The molecular formula is C12H18BrClN2O2S. The molecule has 0 amide bonds. The van der Waals surface area contributed by atoms with E-state index in [4.69, 9.17) is 0 Å². The summed E-state index contributed by atoms with van der Waals surface area (Å²) < 4.78 is 27.2. The largest absolute Gasteiger partial charge is 0.312 e. The van der Waals surface area contributed by atoms with Crippen LogP contribution in [0.15, 0.2) is 27.6 Å². The zero-order valence-electron chi connectivity index (χ0n) is 10.9. The van der Waals surface area contributed by atoms with Gasteiger partial charge >= 0.3 is 0 Å². The standard InChI is InChI=1S/C12H17BrN2O2S.ClH/c1-9-3-4-12(11(13)7-9)18(16,17)15-6-5-14-10(2)8-15;/h3-4,7,10,14H,5-6,8H2,1-2H3;1H. The molecule has 7 heteroatoms.